The summed E-state index contributed by atoms with van der Waals surface area (Å²) in [6, 6.07) is 13.5. The van der Waals surface area contributed by atoms with Gasteiger partial charge in [0.2, 0.25) is 5.91 Å². The molecule has 2 aromatic carbocycles. The van der Waals surface area contributed by atoms with Crippen LogP contribution in [0.1, 0.15) is 25.0 Å². The molecular weight excluding hydrogens is 382 g/mol. The maximum absolute atomic E-state index is 13.3. The number of amides is 2. The van der Waals surface area contributed by atoms with E-state index in [-0.39, 0.29) is 25.2 Å². The highest BCUT2D eigenvalue weighted by Gasteiger charge is 2.27. The van der Waals surface area contributed by atoms with Crippen LogP contribution in [-0.4, -0.2) is 54.9 Å². The van der Waals surface area contributed by atoms with Crippen LogP contribution in [0.3, 0.4) is 0 Å². The molecule has 160 valence electrons. The quantitative estimate of drug-likeness (QED) is 0.762. The van der Waals surface area contributed by atoms with Crippen molar-refractivity contribution in [2.24, 2.45) is 0 Å². The van der Waals surface area contributed by atoms with Gasteiger partial charge in [-0.25, -0.2) is 4.79 Å². The Bertz CT molecular complexity index is 913. The van der Waals surface area contributed by atoms with Crippen molar-refractivity contribution in [2.75, 3.05) is 37.0 Å². The molecule has 0 atom stereocenters. The molecule has 0 fully saturated rings. The Kier molecular flexibility index (Phi) is 7.07. The predicted molar refractivity (Wildman–Crippen MR) is 117 cm³/mol. The van der Waals surface area contributed by atoms with Crippen molar-refractivity contribution in [2.45, 2.75) is 32.8 Å². The number of carbonyl (C=O) groups excluding carboxylic acids is 2. The predicted octanol–water partition coefficient (Wildman–Crippen LogP) is 3.33. The molecule has 2 aromatic rings. The van der Waals surface area contributed by atoms with E-state index in [2.05, 4.69) is 5.32 Å². The van der Waals surface area contributed by atoms with Gasteiger partial charge in [0.25, 0.3) is 0 Å². The smallest absolute Gasteiger partial charge is 0.411 e. The summed E-state index contributed by atoms with van der Waals surface area (Å²) in [5.74, 6) is -0.0940. The van der Waals surface area contributed by atoms with Crippen LogP contribution in [-0.2, 0) is 22.4 Å². The number of nitrogens with one attached hydrogen (secondary N) is 1. The summed E-state index contributed by atoms with van der Waals surface area (Å²) in [5.41, 5.74) is 4.30. The van der Waals surface area contributed by atoms with Crippen molar-refractivity contribution >= 4 is 29.1 Å². The fraction of sp³-hybridized carbons (Fsp3) is 0.391. The lowest BCUT2D eigenvalue weighted by Gasteiger charge is -2.27. The average Bonchev–Trinajstić information content (AvgIpc) is 2.84. The van der Waals surface area contributed by atoms with Crippen LogP contribution in [0.4, 0.5) is 21.9 Å². The number of nitrogens with zero attached hydrogens (tertiary/aromatic N) is 2. The lowest BCUT2D eigenvalue weighted by Crippen LogP contribution is -2.37. The first-order chi connectivity index (χ1) is 14.4. The monoisotopic (exact) mass is 411 g/mol. The third-order valence-electron chi connectivity index (χ3n) is 4.95. The number of aliphatic hydroxyl groups is 1. The van der Waals surface area contributed by atoms with E-state index in [1.165, 1.54) is 0 Å². The van der Waals surface area contributed by atoms with Crippen LogP contribution < -0.4 is 10.2 Å². The van der Waals surface area contributed by atoms with Gasteiger partial charge in [-0.05, 0) is 63.1 Å². The Morgan fingerprint density at radius 3 is 2.53 bits per heavy atom. The molecule has 7 heteroatoms. The van der Waals surface area contributed by atoms with Crippen LogP contribution >= 0.6 is 0 Å². The summed E-state index contributed by atoms with van der Waals surface area (Å²) in [7, 11) is 1.80. The second-order valence-corrected chi connectivity index (χ2v) is 7.74. The van der Waals surface area contributed by atoms with Crippen molar-refractivity contribution in [1.29, 1.82) is 0 Å². The Balaban J connectivity index is 1.98. The van der Waals surface area contributed by atoms with E-state index >= 15 is 0 Å². The SMILES string of the molecule is CC(C)OC(=O)Nc1ccc2c(c1)N(C(=O)CN(C)CCO)c1ccccc1CC2. The largest absolute Gasteiger partial charge is 0.447 e. The molecule has 0 saturated heterocycles. The number of hydrogen-bond donors (Lipinski definition) is 2. The average molecular weight is 412 g/mol. The molecular formula is C23H29N3O4. The first-order valence-corrected chi connectivity index (χ1v) is 10.2. The molecule has 0 unspecified atom stereocenters. The molecule has 0 aliphatic carbocycles. The lowest BCUT2D eigenvalue weighted by molar-refractivity contribution is -0.118. The minimum Gasteiger partial charge on any atom is -0.447 e. The summed E-state index contributed by atoms with van der Waals surface area (Å²) in [6.45, 7) is 4.15. The van der Waals surface area contributed by atoms with Crippen LogP contribution in [0.25, 0.3) is 0 Å². The molecule has 7 nitrogen and oxygen atoms in total. The fourth-order valence-electron chi connectivity index (χ4n) is 3.58. The molecule has 30 heavy (non-hydrogen) atoms. The van der Waals surface area contributed by atoms with Gasteiger partial charge in [0.05, 0.1) is 30.6 Å². The van der Waals surface area contributed by atoms with E-state index in [1.54, 1.807) is 30.7 Å². The van der Waals surface area contributed by atoms with Gasteiger partial charge in [-0.1, -0.05) is 24.3 Å². The van der Waals surface area contributed by atoms with E-state index in [9.17, 15) is 14.7 Å². The number of para-hydroxylation sites is 1. The number of hydrogen-bond acceptors (Lipinski definition) is 5. The van der Waals surface area contributed by atoms with Crippen LogP contribution in [0.2, 0.25) is 0 Å². The minimum atomic E-state index is -0.528. The van der Waals surface area contributed by atoms with Gasteiger partial charge in [-0.3, -0.25) is 19.9 Å². The Morgan fingerprint density at radius 2 is 1.83 bits per heavy atom. The highest BCUT2D eigenvalue weighted by atomic mass is 16.6. The van der Waals surface area contributed by atoms with E-state index in [1.807, 2.05) is 42.5 Å². The van der Waals surface area contributed by atoms with Crippen molar-refractivity contribution < 1.29 is 19.4 Å². The summed E-state index contributed by atoms with van der Waals surface area (Å²) in [4.78, 5) is 28.9. The zero-order valence-corrected chi connectivity index (χ0v) is 17.7. The number of likely N-dealkylation sites (N-methyl/N-ethyl adjacent to an activating group) is 1. The highest BCUT2D eigenvalue weighted by Crippen LogP contribution is 2.37. The minimum absolute atomic E-state index is 0.0109. The van der Waals surface area contributed by atoms with E-state index in [0.29, 0.717) is 12.2 Å². The number of rotatable bonds is 6. The third-order valence-corrected chi connectivity index (χ3v) is 4.95. The van der Waals surface area contributed by atoms with Gasteiger partial charge in [0.15, 0.2) is 0 Å². The number of fused-ring (bicyclic) bond motifs is 2. The van der Waals surface area contributed by atoms with Gasteiger partial charge in [-0.2, -0.15) is 0 Å². The van der Waals surface area contributed by atoms with E-state index in [0.717, 1.165) is 35.3 Å². The molecule has 1 aliphatic rings. The van der Waals surface area contributed by atoms with E-state index in [4.69, 9.17) is 4.74 Å². The molecule has 2 amide bonds. The molecule has 1 aliphatic heterocycles. The maximum atomic E-state index is 13.3. The van der Waals surface area contributed by atoms with Gasteiger partial charge < -0.3 is 9.84 Å². The number of anilines is 3. The standard InChI is InChI=1S/C23H29N3O4/c1-16(2)30-23(29)24-19-11-10-18-9-8-17-6-4-5-7-20(17)26(21(18)14-19)22(28)15-25(3)12-13-27/h4-7,10-11,14,16,27H,8-9,12-13,15H2,1-3H3,(H,24,29). The Labute approximate surface area is 177 Å². The van der Waals surface area contributed by atoms with Crippen LogP contribution in [0.15, 0.2) is 42.5 Å². The Hall–Kier alpha value is -2.90. The fourth-order valence-corrected chi connectivity index (χ4v) is 3.58. The lowest BCUT2D eigenvalue weighted by atomic mass is 10.0. The van der Waals surface area contributed by atoms with Crippen LogP contribution in [0.5, 0.6) is 0 Å². The van der Waals surface area contributed by atoms with Crippen molar-refractivity contribution in [1.82, 2.24) is 4.90 Å². The zero-order valence-electron chi connectivity index (χ0n) is 17.7. The molecule has 0 radical (unpaired) electrons. The highest BCUT2D eigenvalue weighted by molar-refractivity contribution is 6.04. The zero-order chi connectivity index (χ0) is 21.7. The third kappa shape index (κ3) is 5.17. The van der Waals surface area contributed by atoms with Gasteiger partial charge in [0.1, 0.15) is 0 Å². The second kappa shape index (κ2) is 9.73. The molecule has 0 spiro atoms. The first kappa shape index (κ1) is 21.8. The van der Waals surface area contributed by atoms with Crippen molar-refractivity contribution in [3.63, 3.8) is 0 Å². The molecule has 1 heterocycles. The van der Waals surface area contributed by atoms with E-state index < -0.39 is 6.09 Å². The number of benzene rings is 2. The molecule has 0 saturated carbocycles. The molecule has 2 N–H and O–H groups in total. The molecule has 3 rings (SSSR count). The van der Waals surface area contributed by atoms with Crippen LogP contribution in [0, 0.1) is 0 Å². The topological polar surface area (TPSA) is 82.1 Å². The van der Waals surface area contributed by atoms with Crippen molar-refractivity contribution in [3.8, 4) is 0 Å². The van der Waals surface area contributed by atoms with Gasteiger partial charge >= 0.3 is 6.09 Å². The number of aliphatic hydroxyl groups excluding tert-OH is 1. The summed E-state index contributed by atoms with van der Waals surface area (Å²) < 4.78 is 5.17. The molecule has 0 aromatic heterocycles. The van der Waals surface area contributed by atoms with Gasteiger partial charge in [-0.15, -0.1) is 0 Å². The summed E-state index contributed by atoms with van der Waals surface area (Å²) >= 11 is 0. The number of carbonyl (C=O) groups is 2. The molecule has 0 bridgehead atoms. The number of ether oxygens (including phenoxy) is 1. The summed E-state index contributed by atoms with van der Waals surface area (Å²) in [6.07, 6.45) is 0.860. The normalized spacial score (nSPS) is 12.9. The first-order valence-electron chi connectivity index (χ1n) is 10.2. The maximum Gasteiger partial charge on any atom is 0.411 e. The van der Waals surface area contributed by atoms with Gasteiger partial charge in [0, 0.05) is 12.2 Å². The van der Waals surface area contributed by atoms with Crippen molar-refractivity contribution in [3.05, 3.63) is 53.6 Å². The Morgan fingerprint density at radius 1 is 1.13 bits per heavy atom. The second-order valence-electron chi connectivity index (χ2n) is 7.74. The summed E-state index contributed by atoms with van der Waals surface area (Å²) in [5, 5.41) is 11.9. The number of aryl methyl sites for hydroxylation is 2.